The Balaban J connectivity index is 1.80. The van der Waals surface area contributed by atoms with E-state index in [1.807, 2.05) is 30.3 Å². The summed E-state index contributed by atoms with van der Waals surface area (Å²) in [6.07, 6.45) is 3.28. The van der Waals surface area contributed by atoms with Crippen molar-refractivity contribution in [3.05, 3.63) is 64.4 Å². The summed E-state index contributed by atoms with van der Waals surface area (Å²) in [4.78, 5) is 2.47. The third-order valence-electron chi connectivity index (χ3n) is 6.32. The molecule has 0 fully saturated rings. The number of methoxy groups -OCH3 is 4. The molecule has 0 aromatic heterocycles. The van der Waals surface area contributed by atoms with Gasteiger partial charge in [-0.3, -0.25) is 4.90 Å². The standard InChI is InChI=1S/C27H33N3O4S/c1-6-11-30-15-19(12-17-7-9-21(31-2)23(13-17)33-4)26-20(16-30)25(28-27(35)29-26)18-8-10-22(32-3)24(14-18)34-5/h7-10,12-14,25H,6,11,15-16H2,1-5H3,(H2,28,29,35). The molecule has 2 aliphatic rings. The molecule has 7 nitrogen and oxygen atoms in total. The zero-order valence-electron chi connectivity index (χ0n) is 20.9. The van der Waals surface area contributed by atoms with Crippen LogP contribution in [0.5, 0.6) is 23.0 Å². The molecule has 2 aromatic rings. The molecule has 4 rings (SSSR count). The van der Waals surface area contributed by atoms with E-state index in [0.29, 0.717) is 28.1 Å². The first kappa shape index (κ1) is 24.9. The second kappa shape index (κ2) is 11.0. The molecule has 2 aliphatic heterocycles. The average Bonchev–Trinajstić information content (AvgIpc) is 2.88. The quantitative estimate of drug-likeness (QED) is 0.526. The lowest BCUT2D eigenvalue weighted by Crippen LogP contribution is -2.50. The van der Waals surface area contributed by atoms with E-state index in [1.165, 1.54) is 11.1 Å². The van der Waals surface area contributed by atoms with Gasteiger partial charge in [0.05, 0.1) is 34.5 Å². The van der Waals surface area contributed by atoms with Crippen LogP contribution in [0.2, 0.25) is 0 Å². The highest BCUT2D eigenvalue weighted by Gasteiger charge is 2.33. The molecule has 0 saturated carbocycles. The molecule has 8 heteroatoms. The Morgan fingerprint density at radius 1 is 0.914 bits per heavy atom. The second-order valence-corrected chi connectivity index (χ2v) is 8.95. The fourth-order valence-corrected chi connectivity index (χ4v) is 4.94. The Morgan fingerprint density at radius 2 is 1.57 bits per heavy atom. The van der Waals surface area contributed by atoms with Crippen molar-refractivity contribution in [2.24, 2.45) is 0 Å². The zero-order valence-corrected chi connectivity index (χ0v) is 21.8. The summed E-state index contributed by atoms with van der Waals surface area (Å²) in [5.74, 6) is 2.81. The number of benzene rings is 2. The maximum atomic E-state index is 5.64. The van der Waals surface area contributed by atoms with Crippen molar-refractivity contribution in [3.8, 4) is 23.0 Å². The summed E-state index contributed by atoms with van der Waals surface area (Å²) in [5, 5.41) is 7.53. The number of nitrogens with one attached hydrogen (secondary N) is 2. The average molecular weight is 496 g/mol. The maximum Gasteiger partial charge on any atom is 0.171 e. The Morgan fingerprint density at radius 3 is 2.23 bits per heavy atom. The van der Waals surface area contributed by atoms with Crippen molar-refractivity contribution in [1.82, 2.24) is 15.5 Å². The van der Waals surface area contributed by atoms with E-state index in [0.717, 1.165) is 42.9 Å². The minimum Gasteiger partial charge on any atom is -0.493 e. The highest BCUT2D eigenvalue weighted by molar-refractivity contribution is 7.80. The van der Waals surface area contributed by atoms with E-state index in [2.05, 4.69) is 34.6 Å². The minimum atomic E-state index is -0.0768. The first-order chi connectivity index (χ1) is 17.0. The van der Waals surface area contributed by atoms with E-state index in [-0.39, 0.29) is 6.04 Å². The van der Waals surface area contributed by atoms with Gasteiger partial charge >= 0.3 is 0 Å². The third-order valence-corrected chi connectivity index (χ3v) is 6.54. The smallest absolute Gasteiger partial charge is 0.171 e. The van der Waals surface area contributed by atoms with Gasteiger partial charge in [-0.25, -0.2) is 0 Å². The highest BCUT2D eigenvalue weighted by atomic mass is 32.1. The van der Waals surface area contributed by atoms with Crippen LogP contribution in [-0.2, 0) is 0 Å². The Hall–Kier alpha value is -3.23. The van der Waals surface area contributed by atoms with Crippen LogP contribution in [0.4, 0.5) is 0 Å². The molecular formula is C27H33N3O4S. The van der Waals surface area contributed by atoms with Crippen LogP contribution in [0.1, 0.15) is 30.5 Å². The SMILES string of the molecule is CCCN1CC(=Cc2ccc(OC)c(OC)c2)C2=C(C1)C(c1ccc(OC)c(OC)c1)NC(=S)N2. The first-order valence-corrected chi connectivity index (χ1v) is 12.1. The van der Waals surface area contributed by atoms with Crippen LogP contribution in [0.25, 0.3) is 6.08 Å². The van der Waals surface area contributed by atoms with Gasteiger partial charge in [0, 0.05) is 18.8 Å². The van der Waals surface area contributed by atoms with Gasteiger partial charge in [0.1, 0.15) is 0 Å². The molecule has 0 spiro atoms. The summed E-state index contributed by atoms with van der Waals surface area (Å²) in [6.45, 7) is 4.88. The van der Waals surface area contributed by atoms with E-state index in [9.17, 15) is 0 Å². The maximum absolute atomic E-state index is 5.64. The molecule has 0 bridgehead atoms. The zero-order chi connectivity index (χ0) is 24.9. The predicted molar refractivity (Wildman–Crippen MR) is 142 cm³/mol. The predicted octanol–water partition coefficient (Wildman–Crippen LogP) is 4.30. The molecular weight excluding hydrogens is 462 g/mol. The number of nitrogens with zero attached hydrogens (tertiary/aromatic N) is 1. The molecule has 0 aliphatic carbocycles. The largest absolute Gasteiger partial charge is 0.493 e. The molecule has 1 atom stereocenters. The summed E-state index contributed by atoms with van der Waals surface area (Å²) in [7, 11) is 6.59. The number of rotatable bonds is 8. The van der Waals surface area contributed by atoms with Crippen LogP contribution in [0.15, 0.2) is 53.2 Å². The van der Waals surface area contributed by atoms with Crippen molar-refractivity contribution in [1.29, 1.82) is 0 Å². The fraction of sp³-hybridized carbons (Fsp3) is 0.370. The van der Waals surface area contributed by atoms with Gasteiger partial charge in [0.15, 0.2) is 28.1 Å². The normalized spacial score (nSPS) is 19.1. The minimum absolute atomic E-state index is 0.0768. The van der Waals surface area contributed by atoms with Crippen LogP contribution in [-0.4, -0.2) is 58.1 Å². The van der Waals surface area contributed by atoms with E-state index >= 15 is 0 Å². The topological polar surface area (TPSA) is 64.2 Å². The Bertz CT molecular complexity index is 1160. The summed E-state index contributed by atoms with van der Waals surface area (Å²) in [5.41, 5.74) is 5.62. The monoisotopic (exact) mass is 495 g/mol. The van der Waals surface area contributed by atoms with E-state index in [4.69, 9.17) is 31.2 Å². The number of ether oxygens (including phenoxy) is 4. The number of thiocarbonyl (C=S) groups is 1. The molecule has 0 saturated heterocycles. The van der Waals surface area contributed by atoms with Gasteiger partial charge in [-0.15, -0.1) is 0 Å². The van der Waals surface area contributed by atoms with Gasteiger partial charge in [0.2, 0.25) is 0 Å². The van der Waals surface area contributed by atoms with E-state index < -0.39 is 0 Å². The first-order valence-electron chi connectivity index (χ1n) is 11.7. The molecule has 2 N–H and O–H groups in total. The van der Waals surface area contributed by atoms with Crippen molar-refractivity contribution in [2.45, 2.75) is 19.4 Å². The fourth-order valence-electron chi connectivity index (χ4n) is 4.72. The molecule has 2 heterocycles. The van der Waals surface area contributed by atoms with Crippen molar-refractivity contribution >= 4 is 23.4 Å². The van der Waals surface area contributed by atoms with Gasteiger partial charge in [0.25, 0.3) is 0 Å². The van der Waals surface area contributed by atoms with Gasteiger partial charge in [-0.1, -0.05) is 19.1 Å². The van der Waals surface area contributed by atoms with Crippen LogP contribution in [0.3, 0.4) is 0 Å². The highest BCUT2D eigenvalue weighted by Crippen LogP contribution is 2.38. The van der Waals surface area contributed by atoms with Crippen LogP contribution >= 0.6 is 12.2 Å². The lowest BCUT2D eigenvalue weighted by Gasteiger charge is -2.40. The van der Waals surface area contributed by atoms with Crippen molar-refractivity contribution in [3.63, 3.8) is 0 Å². The molecule has 0 amide bonds. The molecule has 186 valence electrons. The molecule has 35 heavy (non-hydrogen) atoms. The number of hydrogen-bond donors (Lipinski definition) is 2. The molecule has 0 radical (unpaired) electrons. The number of hydrogen-bond acceptors (Lipinski definition) is 6. The Kier molecular flexibility index (Phi) is 7.83. The lowest BCUT2D eigenvalue weighted by atomic mass is 9.88. The molecule has 2 aromatic carbocycles. The molecule has 1 unspecified atom stereocenters. The van der Waals surface area contributed by atoms with Gasteiger partial charge < -0.3 is 29.6 Å². The van der Waals surface area contributed by atoms with Crippen LogP contribution < -0.4 is 29.6 Å². The lowest BCUT2D eigenvalue weighted by molar-refractivity contribution is 0.301. The van der Waals surface area contributed by atoms with E-state index in [1.54, 1.807) is 28.4 Å². The van der Waals surface area contributed by atoms with Gasteiger partial charge in [-0.05, 0) is 77.8 Å². The van der Waals surface area contributed by atoms with Crippen molar-refractivity contribution < 1.29 is 18.9 Å². The third kappa shape index (κ3) is 5.23. The summed E-state index contributed by atoms with van der Waals surface area (Å²) >= 11 is 5.64. The summed E-state index contributed by atoms with van der Waals surface area (Å²) < 4.78 is 21.9. The van der Waals surface area contributed by atoms with Gasteiger partial charge in [-0.2, -0.15) is 0 Å². The summed E-state index contributed by atoms with van der Waals surface area (Å²) in [6, 6.07) is 11.9. The Labute approximate surface area is 212 Å². The second-order valence-electron chi connectivity index (χ2n) is 8.54. The van der Waals surface area contributed by atoms with Crippen LogP contribution in [0, 0.1) is 0 Å². The van der Waals surface area contributed by atoms with Crippen molar-refractivity contribution in [2.75, 3.05) is 48.1 Å².